The molecule has 0 bridgehead atoms. The highest BCUT2D eigenvalue weighted by atomic mass is 35.5. The van der Waals surface area contributed by atoms with Crippen LogP contribution in [0.25, 0.3) is 0 Å². The van der Waals surface area contributed by atoms with Gasteiger partial charge in [0.05, 0.1) is 0 Å². The molecule has 0 aromatic heterocycles. The van der Waals surface area contributed by atoms with Crippen LogP contribution in [0.1, 0.15) is 20.7 Å². The molecule has 0 radical (unpaired) electrons. The number of benzene rings is 2. The summed E-state index contributed by atoms with van der Waals surface area (Å²) in [5, 5.41) is 0.599. The summed E-state index contributed by atoms with van der Waals surface area (Å²) in [4.78, 5) is 28.9. The number of nitrogens with zero attached hydrogens (tertiary/aromatic N) is 2. The van der Waals surface area contributed by atoms with Gasteiger partial charge in [0.1, 0.15) is 13.2 Å². The zero-order valence-electron chi connectivity index (χ0n) is 14.7. The fourth-order valence-corrected chi connectivity index (χ4v) is 3.37. The Labute approximate surface area is 162 Å². The van der Waals surface area contributed by atoms with Crippen LogP contribution in [0.2, 0.25) is 5.02 Å². The highest BCUT2D eigenvalue weighted by molar-refractivity contribution is 6.30. The van der Waals surface area contributed by atoms with E-state index < -0.39 is 0 Å². The van der Waals surface area contributed by atoms with Gasteiger partial charge < -0.3 is 19.3 Å². The summed E-state index contributed by atoms with van der Waals surface area (Å²) >= 11 is 5.87. The van der Waals surface area contributed by atoms with Gasteiger partial charge in [-0.15, -0.1) is 0 Å². The van der Waals surface area contributed by atoms with Gasteiger partial charge in [-0.1, -0.05) is 11.6 Å². The molecule has 27 heavy (non-hydrogen) atoms. The van der Waals surface area contributed by atoms with E-state index in [1.165, 1.54) is 0 Å². The molecule has 1 fully saturated rings. The number of carbonyl (C=O) groups excluding carboxylic acids is 2. The summed E-state index contributed by atoms with van der Waals surface area (Å²) in [6, 6.07) is 12.1. The fraction of sp³-hybridized carbons (Fsp3) is 0.300. The van der Waals surface area contributed by atoms with Crippen molar-refractivity contribution in [1.29, 1.82) is 0 Å². The van der Waals surface area contributed by atoms with E-state index in [1.807, 2.05) is 0 Å². The summed E-state index contributed by atoms with van der Waals surface area (Å²) in [5.74, 6) is 1.16. The number of hydrogen-bond acceptors (Lipinski definition) is 4. The molecule has 1 saturated heterocycles. The van der Waals surface area contributed by atoms with Crippen LogP contribution in [0.3, 0.4) is 0 Å². The molecule has 0 saturated carbocycles. The number of amides is 2. The van der Waals surface area contributed by atoms with Crippen molar-refractivity contribution in [1.82, 2.24) is 9.80 Å². The minimum Gasteiger partial charge on any atom is -0.486 e. The number of carbonyl (C=O) groups is 2. The predicted octanol–water partition coefficient (Wildman–Crippen LogP) is 2.71. The number of rotatable bonds is 2. The number of fused-ring (bicyclic) bond motifs is 1. The third kappa shape index (κ3) is 3.71. The monoisotopic (exact) mass is 386 g/mol. The van der Waals surface area contributed by atoms with Crippen LogP contribution in [0.5, 0.6) is 11.5 Å². The first kappa shape index (κ1) is 17.7. The standard InChI is InChI=1S/C20H19ClN2O4/c21-16-4-1-14(2-5-16)19(24)22-7-9-23(10-8-22)20(25)15-3-6-17-18(13-15)27-12-11-26-17/h1-6,13H,7-12H2. The van der Waals surface area contributed by atoms with Crippen molar-refractivity contribution in [2.45, 2.75) is 0 Å². The SMILES string of the molecule is O=C(c1ccc(Cl)cc1)N1CCN(C(=O)c2ccc3c(c2)OCCO3)CC1. The Hall–Kier alpha value is -2.73. The summed E-state index contributed by atoms with van der Waals surface area (Å²) in [6.45, 7) is 2.98. The Kier molecular flexibility index (Phi) is 4.90. The molecule has 2 aliphatic heterocycles. The lowest BCUT2D eigenvalue weighted by molar-refractivity contribution is 0.0535. The lowest BCUT2D eigenvalue weighted by Crippen LogP contribution is -2.50. The molecule has 0 N–H and O–H groups in total. The Morgan fingerprint density at radius 1 is 0.741 bits per heavy atom. The Balaban J connectivity index is 1.39. The average Bonchev–Trinajstić information content (AvgIpc) is 2.73. The number of piperazine rings is 1. The average molecular weight is 387 g/mol. The predicted molar refractivity (Wildman–Crippen MR) is 101 cm³/mol. The molecule has 2 aromatic rings. The maximum absolute atomic E-state index is 12.8. The number of hydrogen-bond donors (Lipinski definition) is 0. The van der Waals surface area contributed by atoms with Crippen LogP contribution in [0.4, 0.5) is 0 Å². The first-order valence-corrected chi connectivity index (χ1v) is 9.23. The van der Waals surface area contributed by atoms with Crippen LogP contribution in [-0.2, 0) is 0 Å². The molecule has 2 aromatic carbocycles. The van der Waals surface area contributed by atoms with Gasteiger partial charge in [-0.3, -0.25) is 9.59 Å². The lowest BCUT2D eigenvalue weighted by atomic mass is 10.1. The van der Waals surface area contributed by atoms with Gasteiger partial charge in [-0.2, -0.15) is 0 Å². The minimum atomic E-state index is -0.0643. The second-order valence-corrected chi connectivity index (χ2v) is 6.89. The quantitative estimate of drug-likeness (QED) is 0.796. The zero-order chi connectivity index (χ0) is 18.8. The van der Waals surface area contributed by atoms with Gasteiger partial charge in [-0.05, 0) is 42.5 Å². The maximum Gasteiger partial charge on any atom is 0.254 e. The van der Waals surface area contributed by atoms with Crippen LogP contribution in [0, 0.1) is 0 Å². The Morgan fingerprint density at radius 2 is 1.26 bits per heavy atom. The van der Waals surface area contributed by atoms with E-state index in [-0.39, 0.29) is 11.8 Å². The minimum absolute atomic E-state index is 0.0434. The molecule has 7 heteroatoms. The molecular formula is C20H19ClN2O4. The zero-order valence-corrected chi connectivity index (χ0v) is 15.4. The van der Waals surface area contributed by atoms with Crippen molar-refractivity contribution in [3.05, 3.63) is 58.6 Å². The highest BCUT2D eigenvalue weighted by Crippen LogP contribution is 2.31. The second-order valence-electron chi connectivity index (χ2n) is 6.45. The summed E-state index contributed by atoms with van der Waals surface area (Å²) in [5.41, 5.74) is 1.17. The first-order chi connectivity index (χ1) is 13.1. The van der Waals surface area contributed by atoms with Gasteiger partial charge in [0, 0.05) is 42.3 Å². The van der Waals surface area contributed by atoms with Gasteiger partial charge in [0.2, 0.25) is 0 Å². The summed E-state index contributed by atoms with van der Waals surface area (Å²) in [6.07, 6.45) is 0. The van der Waals surface area contributed by atoms with Gasteiger partial charge in [0.25, 0.3) is 11.8 Å². The third-order valence-corrected chi connectivity index (χ3v) is 4.99. The summed E-state index contributed by atoms with van der Waals surface area (Å²) in [7, 11) is 0. The molecule has 0 aliphatic carbocycles. The van der Waals surface area contributed by atoms with Crippen molar-refractivity contribution in [2.24, 2.45) is 0 Å². The lowest BCUT2D eigenvalue weighted by Gasteiger charge is -2.35. The molecule has 2 aliphatic rings. The molecule has 0 atom stereocenters. The smallest absolute Gasteiger partial charge is 0.254 e. The molecule has 6 nitrogen and oxygen atoms in total. The van der Waals surface area contributed by atoms with E-state index in [2.05, 4.69) is 0 Å². The molecule has 0 spiro atoms. The normalized spacial score (nSPS) is 16.2. The van der Waals surface area contributed by atoms with Crippen LogP contribution in [0.15, 0.2) is 42.5 Å². The van der Waals surface area contributed by atoms with E-state index in [0.29, 0.717) is 67.0 Å². The van der Waals surface area contributed by atoms with E-state index in [4.69, 9.17) is 21.1 Å². The van der Waals surface area contributed by atoms with E-state index >= 15 is 0 Å². The van der Waals surface area contributed by atoms with Crippen molar-refractivity contribution in [2.75, 3.05) is 39.4 Å². The fourth-order valence-electron chi connectivity index (χ4n) is 3.25. The Bertz CT molecular complexity index is 861. The first-order valence-electron chi connectivity index (χ1n) is 8.85. The van der Waals surface area contributed by atoms with Crippen molar-refractivity contribution >= 4 is 23.4 Å². The van der Waals surface area contributed by atoms with Crippen LogP contribution in [-0.4, -0.2) is 61.0 Å². The molecule has 2 heterocycles. The van der Waals surface area contributed by atoms with E-state index in [1.54, 1.807) is 52.3 Å². The largest absolute Gasteiger partial charge is 0.486 e. The van der Waals surface area contributed by atoms with Crippen LogP contribution < -0.4 is 9.47 Å². The third-order valence-electron chi connectivity index (χ3n) is 4.73. The Morgan fingerprint density at radius 3 is 1.89 bits per heavy atom. The molecular weight excluding hydrogens is 368 g/mol. The maximum atomic E-state index is 12.8. The van der Waals surface area contributed by atoms with E-state index in [9.17, 15) is 9.59 Å². The molecule has 140 valence electrons. The number of halogens is 1. The van der Waals surface area contributed by atoms with Crippen molar-refractivity contribution < 1.29 is 19.1 Å². The van der Waals surface area contributed by atoms with E-state index in [0.717, 1.165) is 0 Å². The van der Waals surface area contributed by atoms with Crippen LogP contribution >= 0.6 is 11.6 Å². The van der Waals surface area contributed by atoms with Gasteiger partial charge in [-0.25, -0.2) is 0 Å². The van der Waals surface area contributed by atoms with Gasteiger partial charge >= 0.3 is 0 Å². The number of ether oxygens (including phenoxy) is 2. The molecule has 0 unspecified atom stereocenters. The second kappa shape index (κ2) is 7.48. The molecule has 2 amide bonds. The van der Waals surface area contributed by atoms with Crippen molar-refractivity contribution in [3.63, 3.8) is 0 Å². The molecule has 4 rings (SSSR count). The highest BCUT2D eigenvalue weighted by Gasteiger charge is 2.26. The van der Waals surface area contributed by atoms with Crippen molar-refractivity contribution in [3.8, 4) is 11.5 Å². The topological polar surface area (TPSA) is 59.1 Å². The summed E-state index contributed by atoms with van der Waals surface area (Å²) < 4.78 is 11.0. The van der Waals surface area contributed by atoms with Gasteiger partial charge in [0.15, 0.2) is 11.5 Å².